The van der Waals surface area contributed by atoms with Gasteiger partial charge in [-0.15, -0.1) is 0 Å². The Morgan fingerprint density at radius 2 is 1.92 bits per heavy atom. The van der Waals surface area contributed by atoms with E-state index in [9.17, 15) is 13.2 Å². The largest absolute Gasteiger partial charge is 0.495 e. The summed E-state index contributed by atoms with van der Waals surface area (Å²) >= 11 is 1.36. The lowest BCUT2D eigenvalue weighted by molar-refractivity contribution is 0.0994. The first-order valence-corrected chi connectivity index (χ1v) is 10.6. The lowest BCUT2D eigenvalue weighted by Crippen LogP contribution is -2.17. The predicted octanol–water partition coefficient (Wildman–Crippen LogP) is 2.88. The Hall–Kier alpha value is -2.45. The molecule has 1 aromatic heterocycles. The van der Waals surface area contributed by atoms with Gasteiger partial charge in [0.05, 0.1) is 22.3 Å². The summed E-state index contributed by atoms with van der Waals surface area (Å²) in [5, 5.41) is 0. The van der Waals surface area contributed by atoms with Crippen LogP contribution in [-0.2, 0) is 16.4 Å². The average Bonchev–Trinajstić information content (AvgIpc) is 2.97. The van der Waals surface area contributed by atoms with Crippen LogP contribution in [0.3, 0.4) is 0 Å². The van der Waals surface area contributed by atoms with Crippen LogP contribution in [0.25, 0.3) is 10.2 Å². The Morgan fingerprint density at radius 1 is 1.19 bits per heavy atom. The standard InChI is InChI=1S/C18H18N2O4S2/c1-4-20-16-13(24-2)9-7-10-14(16)25-18(20)19-17(21)12-8-5-6-11-15(12)26(3,22)23/h5-11H,4H2,1-3H3. The minimum atomic E-state index is -3.53. The van der Waals surface area contributed by atoms with Crippen LogP contribution in [0, 0.1) is 0 Å². The second-order valence-corrected chi connectivity index (χ2v) is 8.61. The highest BCUT2D eigenvalue weighted by molar-refractivity contribution is 7.90. The van der Waals surface area contributed by atoms with Crippen LogP contribution >= 0.6 is 11.3 Å². The summed E-state index contributed by atoms with van der Waals surface area (Å²) < 4.78 is 32.1. The summed E-state index contributed by atoms with van der Waals surface area (Å²) in [6.07, 6.45) is 1.08. The van der Waals surface area contributed by atoms with Gasteiger partial charge in [-0.2, -0.15) is 4.99 Å². The number of aryl methyl sites for hydroxylation is 1. The molecule has 0 saturated heterocycles. The number of benzene rings is 2. The van der Waals surface area contributed by atoms with Crippen molar-refractivity contribution < 1.29 is 17.9 Å². The third-order valence-electron chi connectivity index (χ3n) is 3.91. The average molecular weight is 390 g/mol. The van der Waals surface area contributed by atoms with Crippen LogP contribution in [0.2, 0.25) is 0 Å². The normalized spacial score (nSPS) is 12.5. The second-order valence-electron chi connectivity index (χ2n) is 5.62. The van der Waals surface area contributed by atoms with Gasteiger partial charge in [-0.25, -0.2) is 8.42 Å². The first-order valence-electron chi connectivity index (χ1n) is 7.91. The molecule has 8 heteroatoms. The van der Waals surface area contributed by atoms with E-state index in [0.717, 1.165) is 16.5 Å². The van der Waals surface area contributed by atoms with E-state index in [4.69, 9.17) is 4.74 Å². The quantitative estimate of drug-likeness (QED) is 0.686. The molecule has 0 bridgehead atoms. The van der Waals surface area contributed by atoms with E-state index in [2.05, 4.69) is 4.99 Å². The number of hydrogen-bond donors (Lipinski definition) is 0. The monoisotopic (exact) mass is 390 g/mol. The van der Waals surface area contributed by atoms with Crippen LogP contribution in [0.1, 0.15) is 17.3 Å². The molecule has 0 radical (unpaired) electrons. The van der Waals surface area contributed by atoms with Crippen molar-refractivity contribution in [2.45, 2.75) is 18.4 Å². The van der Waals surface area contributed by atoms with Crippen LogP contribution in [0.4, 0.5) is 0 Å². The molecule has 0 aliphatic rings. The summed E-state index contributed by atoms with van der Waals surface area (Å²) in [6, 6.07) is 11.8. The van der Waals surface area contributed by atoms with Crippen LogP contribution in [-0.4, -0.2) is 32.3 Å². The third-order valence-corrected chi connectivity index (χ3v) is 6.11. The zero-order chi connectivity index (χ0) is 18.9. The van der Waals surface area contributed by atoms with Crippen molar-refractivity contribution in [2.24, 2.45) is 4.99 Å². The highest BCUT2D eigenvalue weighted by Crippen LogP contribution is 2.27. The number of ether oxygens (including phenoxy) is 1. The van der Waals surface area contributed by atoms with Gasteiger partial charge >= 0.3 is 0 Å². The number of rotatable bonds is 4. The Morgan fingerprint density at radius 3 is 2.58 bits per heavy atom. The SMILES string of the molecule is CCn1c(=NC(=O)c2ccccc2S(C)(=O)=O)sc2cccc(OC)c21. The molecule has 0 aliphatic carbocycles. The van der Waals surface area contributed by atoms with E-state index in [1.54, 1.807) is 19.2 Å². The number of sulfone groups is 1. The van der Waals surface area contributed by atoms with Gasteiger partial charge in [-0.1, -0.05) is 29.5 Å². The number of thiazole rings is 1. The van der Waals surface area contributed by atoms with Crippen LogP contribution in [0.15, 0.2) is 52.4 Å². The number of para-hydroxylation sites is 1. The number of methoxy groups -OCH3 is 1. The van der Waals surface area contributed by atoms with E-state index < -0.39 is 15.7 Å². The molecule has 2 aromatic carbocycles. The Balaban J connectivity index is 2.22. The lowest BCUT2D eigenvalue weighted by Gasteiger charge is -2.06. The molecule has 0 fully saturated rings. The summed E-state index contributed by atoms with van der Waals surface area (Å²) in [7, 11) is -1.93. The second kappa shape index (κ2) is 7.05. The third kappa shape index (κ3) is 3.30. The maximum absolute atomic E-state index is 12.7. The molecule has 136 valence electrons. The molecule has 3 aromatic rings. The zero-order valence-corrected chi connectivity index (χ0v) is 16.2. The molecule has 0 N–H and O–H groups in total. The van der Waals surface area contributed by atoms with Gasteiger partial charge in [-0.3, -0.25) is 4.79 Å². The van der Waals surface area contributed by atoms with E-state index in [-0.39, 0.29) is 10.5 Å². The summed E-state index contributed by atoms with van der Waals surface area (Å²) in [6.45, 7) is 2.55. The minimum absolute atomic E-state index is 0.0181. The number of carbonyl (C=O) groups is 1. The lowest BCUT2D eigenvalue weighted by atomic mass is 10.2. The molecular formula is C18H18N2O4S2. The van der Waals surface area contributed by atoms with Crippen LogP contribution in [0.5, 0.6) is 5.75 Å². The van der Waals surface area contributed by atoms with Gasteiger partial charge in [0.15, 0.2) is 14.6 Å². The zero-order valence-electron chi connectivity index (χ0n) is 14.6. The van der Waals surface area contributed by atoms with E-state index >= 15 is 0 Å². The minimum Gasteiger partial charge on any atom is -0.495 e. The van der Waals surface area contributed by atoms with Gasteiger partial charge < -0.3 is 9.30 Å². The maximum atomic E-state index is 12.7. The van der Waals surface area contributed by atoms with Crippen molar-refractivity contribution in [3.8, 4) is 5.75 Å². The molecule has 0 unspecified atom stereocenters. The topological polar surface area (TPSA) is 77.7 Å². The van der Waals surface area contributed by atoms with Crippen molar-refractivity contribution in [3.05, 3.63) is 52.8 Å². The molecule has 1 heterocycles. The van der Waals surface area contributed by atoms with E-state index in [0.29, 0.717) is 17.1 Å². The van der Waals surface area contributed by atoms with Crippen LogP contribution < -0.4 is 9.54 Å². The molecule has 0 atom stereocenters. The fourth-order valence-corrected chi connectivity index (χ4v) is 4.75. The summed E-state index contributed by atoms with van der Waals surface area (Å²) in [5.74, 6) is 0.116. The van der Waals surface area contributed by atoms with Gasteiger partial charge in [0.25, 0.3) is 5.91 Å². The molecule has 3 rings (SSSR count). The van der Waals surface area contributed by atoms with E-state index in [1.807, 2.05) is 29.7 Å². The van der Waals surface area contributed by atoms with Crippen molar-refractivity contribution in [1.82, 2.24) is 4.57 Å². The Bertz CT molecular complexity index is 1160. The molecule has 0 spiro atoms. The first-order chi connectivity index (χ1) is 12.4. The van der Waals surface area contributed by atoms with Gasteiger partial charge in [0, 0.05) is 12.8 Å². The molecule has 6 nitrogen and oxygen atoms in total. The van der Waals surface area contributed by atoms with Gasteiger partial charge in [-0.05, 0) is 31.2 Å². The number of fused-ring (bicyclic) bond motifs is 1. The Labute approximate surface area is 155 Å². The highest BCUT2D eigenvalue weighted by atomic mass is 32.2. The predicted molar refractivity (Wildman–Crippen MR) is 101 cm³/mol. The number of aromatic nitrogens is 1. The smallest absolute Gasteiger partial charge is 0.280 e. The van der Waals surface area contributed by atoms with E-state index in [1.165, 1.54) is 23.5 Å². The molecule has 0 saturated carbocycles. The van der Waals surface area contributed by atoms with Crippen molar-refractivity contribution in [2.75, 3.05) is 13.4 Å². The fraction of sp³-hybridized carbons (Fsp3) is 0.222. The number of amides is 1. The van der Waals surface area contributed by atoms with Crippen molar-refractivity contribution in [1.29, 1.82) is 0 Å². The number of carbonyl (C=O) groups excluding carboxylic acids is 1. The van der Waals surface area contributed by atoms with Gasteiger partial charge in [0.1, 0.15) is 11.3 Å². The molecule has 0 aliphatic heterocycles. The first kappa shape index (κ1) is 18.3. The van der Waals surface area contributed by atoms with Crippen molar-refractivity contribution >= 4 is 37.3 Å². The fourth-order valence-electron chi connectivity index (χ4n) is 2.75. The summed E-state index contributed by atoms with van der Waals surface area (Å²) in [5.41, 5.74) is 0.938. The Kier molecular flexibility index (Phi) is 4.97. The van der Waals surface area contributed by atoms with Gasteiger partial charge in [0.2, 0.25) is 0 Å². The molecule has 26 heavy (non-hydrogen) atoms. The molecular weight excluding hydrogens is 372 g/mol. The maximum Gasteiger partial charge on any atom is 0.280 e. The summed E-state index contributed by atoms with van der Waals surface area (Å²) in [4.78, 5) is 17.4. The highest BCUT2D eigenvalue weighted by Gasteiger charge is 2.18. The molecule has 1 amide bonds. The number of nitrogens with zero attached hydrogens (tertiary/aromatic N) is 2. The number of hydrogen-bond acceptors (Lipinski definition) is 5. The van der Waals surface area contributed by atoms with Crippen molar-refractivity contribution in [3.63, 3.8) is 0 Å².